The number of amides is 1. The minimum atomic E-state index is -0.331. The van der Waals surface area contributed by atoms with Crippen LogP contribution in [0.25, 0.3) is 0 Å². The van der Waals surface area contributed by atoms with E-state index in [1.807, 2.05) is 0 Å². The van der Waals surface area contributed by atoms with Crippen molar-refractivity contribution in [1.82, 2.24) is 10.6 Å². The standard InChI is InChI=1S/C14H18N2O2/c17-14(13-9-15-5-6-18-13)16-12-7-10-3-1-2-4-11(10)8-12/h1-4,12-13,15H,5-9H2,(H,16,17). The van der Waals surface area contributed by atoms with E-state index in [1.54, 1.807) is 0 Å². The Morgan fingerprint density at radius 1 is 1.28 bits per heavy atom. The SMILES string of the molecule is O=C(NC1Cc2ccccc2C1)C1CNCCO1. The van der Waals surface area contributed by atoms with E-state index in [2.05, 4.69) is 34.9 Å². The van der Waals surface area contributed by atoms with E-state index in [4.69, 9.17) is 4.74 Å². The van der Waals surface area contributed by atoms with E-state index in [9.17, 15) is 4.79 Å². The highest BCUT2D eigenvalue weighted by Crippen LogP contribution is 2.21. The van der Waals surface area contributed by atoms with Gasteiger partial charge in [0.25, 0.3) is 5.91 Å². The van der Waals surface area contributed by atoms with Crippen molar-refractivity contribution >= 4 is 5.91 Å². The lowest BCUT2D eigenvalue weighted by molar-refractivity contribution is -0.134. The molecule has 0 saturated carbocycles. The molecule has 4 nitrogen and oxygen atoms in total. The highest BCUT2D eigenvalue weighted by atomic mass is 16.5. The van der Waals surface area contributed by atoms with Crippen molar-refractivity contribution in [3.05, 3.63) is 35.4 Å². The molecule has 1 heterocycles. The molecule has 1 amide bonds. The van der Waals surface area contributed by atoms with E-state index in [1.165, 1.54) is 11.1 Å². The van der Waals surface area contributed by atoms with Gasteiger partial charge in [0, 0.05) is 19.1 Å². The molecule has 1 atom stereocenters. The minimum absolute atomic E-state index is 0.0139. The second-order valence-corrected chi connectivity index (χ2v) is 4.95. The fourth-order valence-corrected chi connectivity index (χ4v) is 2.69. The predicted molar refractivity (Wildman–Crippen MR) is 68.4 cm³/mol. The summed E-state index contributed by atoms with van der Waals surface area (Å²) in [5.41, 5.74) is 2.70. The number of fused-ring (bicyclic) bond motifs is 1. The molecule has 1 saturated heterocycles. The van der Waals surface area contributed by atoms with Gasteiger partial charge in [0.15, 0.2) is 0 Å². The van der Waals surface area contributed by atoms with Gasteiger partial charge in [0.05, 0.1) is 6.61 Å². The number of morpholine rings is 1. The molecule has 2 N–H and O–H groups in total. The summed E-state index contributed by atoms with van der Waals surface area (Å²) >= 11 is 0. The Labute approximate surface area is 107 Å². The number of rotatable bonds is 2. The lowest BCUT2D eigenvalue weighted by atomic mass is 10.1. The van der Waals surface area contributed by atoms with E-state index < -0.39 is 0 Å². The van der Waals surface area contributed by atoms with Crippen molar-refractivity contribution in [2.45, 2.75) is 25.0 Å². The molecule has 1 aromatic rings. The maximum Gasteiger partial charge on any atom is 0.250 e. The van der Waals surface area contributed by atoms with E-state index in [-0.39, 0.29) is 18.1 Å². The molecular formula is C14H18N2O2. The van der Waals surface area contributed by atoms with Crippen molar-refractivity contribution in [1.29, 1.82) is 0 Å². The number of carbonyl (C=O) groups is 1. The maximum absolute atomic E-state index is 12.0. The first-order valence-corrected chi connectivity index (χ1v) is 6.52. The molecule has 0 spiro atoms. The molecule has 1 aliphatic heterocycles. The molecule has 0 radical (unpaired) electrons. The van der Waals surface area contributed by atoms with Crippen molar-refractivity contribution in [2.75, 3.05) is 19.7 Å². The van der Waals surface area contributed by atoms with Crippen molar-refractivity contribution in [3.63, 3.8) is 0 Å². The molecule has 1 aliphatic carbocycles. The molecule has 0 bridgehead atoms. The number of nitrogens with one attached hydrogen (secondary N) is 2. The monoisotopic (exact) mass is 246 g/mol. The Kier molecular flexibility index (Phi) is 3.30. The Bertz CT molecular complexity index is 416. The van der Waals surface area contributed by atoms with Crippen LogP contribution in [0.3, 0.4) is 0 Å². The zero-order chi connectivity index (χ0) is 12.4. The molecule has 1 unspecified atom stereocenters. The average molecular weight is 246 g/mol. The van der Waals surface area contributed by atoms with Crippen LogP contribution in [0.5, 0.6) is 0 Å². The van der Waals surface area contributed by atoms with Crippen LogP contribution < -0.4 is 10.6 Å². The van der Waals surface area contributed by atoms with Crippen LogP contribution >= 0.6 is 0 Å². The van der Waals surface area contributed by atoms with Crippen LogP contribution in [0.2, 0.25) is 0 Å². The second kappa shape index (κ2) is 5.08. The van der Waals surface area contributed by atoms with Crippen LogP contribution in [-0.4, -0.2) is 37.7 Å². The van der Waals surface area contributed by atoms with Crippen LogP contribution in [0.15, 0.2) is 24.3 Å². The van der Waals surface area contributed by atoms with Gasteiger partial charge >= 0.3 is 0 Å². The molecule has 1 fully saturated rings. The number of benzene rings is 1. The largest absolute Gasteiger partial charge is 0.366 e. The van der Waals surface area contributed by atoms with Crippen molar-refractivity contribution in [2.24, 2.45) is 0 Å². The lowest BCUT2D eigenvalue weighted by Gasteiger charge is -2.24. The summed E-state index contributed by atoms with van der Waals surface area (Å²) in [5, 5.41) is 6.26. The summed E-state index contributed by atoms with van der Waals surface area (Å²) in [5.74, 6) is 0.0139. The van der Waals surface area contributed by atoms with Crippen molar-refractivity contribution < 1.29 is 9.53 Å². The fraction of sp³-hybridized carbons (Fsp3) is 0.500. The van der Waals surface area contributed by atoms with Crippen molar-refractivity contribution in [3.8, 4) is 0 Å². The molecule has 18 heavy (non-hydrogen) atoms. The molecule has 3 rings (SSSR count). The summed E-state index contributed by atoms with van der Waals surface area (Å²) in [4.78, 5) is 12.0. The topological polar surface area (TPSA) is 50.4 Å². The third-order valence-electron chi connectivity index (χ3n) is 3.62. The molecular weight excluding hydrogens is 228 g/mol. The normalized spacial score (nSPS) is 23.7. The van der Waals surface area contributed by atoms with Crippen LogP contribution in [0.4, 0.5) is 0 Å². The maximum atomic E-state index is 12.0. The van der Waals surface area contributed by atoms with Gasteiger partial charge in [-0.3, -0.25) is 4.79 Å². The zero-order valence-corrected chi connectivity index (χ0v) is 10.3. The number of hydrogen-bond donors (Lipinski definition) is 2. The van der Waals surface area contributed by atoms with Gasteiger partial charge in [0.1, 0.15) is 6.10 Å². The quantitative estimate of drug-likeness (QED) is 0.787. The van der Waals surface area contributed by atoms with Crippen LogP contribution in [0.1, 0.15) is 11.1 Å². The zero-order valence-electron chi connectivity index (χ0n) is 10.3. The Balaban J connectivity index is 1.57. The summed E-state index contributed by atoms with van der Waals surface area (Å²) in [6, 6.07) is 8.61. The minimum Gasteiger partial charge on any atom is -0.366 e. The molecule has 96 valence electrons. The van der Waals surface area contributed by atoms with Gasteiger partial charge in [0.2, 0.25) is 0 Å². The smallest absolute Gasteiger partial charge is 0.250 e. The number of carbonyl (C=O) groups excluding carboxylic acids is 1. The van der Waals surface area contributed by atoms with E-state index in [0.717, 1.165) is 19.4 Å². The van der Waals surface area contributed by atoms with Gasteiger partial charge in [-0.15, -0.1) is 0 Å². The van der Waals surface area contributed by atoms with Gasteiger partial charge in [-0.2, -0.15) is 0 Å². The molecule has 1 aromatic carbocycles. The Hall–Kier alpha value is -1.39. The highest BCUT2D eigenvalue weighted by Gasteiger charge is 2.27. The lowest BCUT2D eigenvalue weighted by Crippen LogP contribution is -2.50. The third kappa shape index (κ3) is 2.40. The first-order chi connectivity index (χ1) is 8.83. The van der Waals surface area contributed by atoms with Gasteiger partial charge in [-0.1, -0.05) is 24.3 Å². The third-order valence-corrected chi connectivity index (χ3v) is 3.62. The summed E-state index contributed by atoms with van der Waals surface area (Å²) in [7, 11) is 0. The Morgan fingerprint density at radius 2 is 2.00 bits per heavy atom. The highest BCUT2D eigenvalue weighted by molar-refractivity contribution is 5.81. The first-order valence-electron chi connectivity index (χ1n) is 6.52. The fourth-order valence-electron chi connectivity index (χ4n) is 2.69. The first kappa shape index (κ1) is 11.7. The van der Waals surface area contributed by atoms with Gasteiger partial charge in [-0.25, -0.2) is 0 Å². The van der Waals surface area contributed by atoms with Crippen LogP contribution in [-0.2, 0) is 22.4 Å². The summed E-state index contributed by atoms with van der Waals surface area (Å²) in [6.07, 6.45) is 1.53. The molecule has 4 heteroatoms. The Morgan fingerprint density at radius 3 is 2.61 bits per heavy atom. The average Bonchev–Trinajstić information content (AvgIpc) is 2.82. The van der Waals surface area contributed by atoms with E-state index >= 15 is 0 Å². The van der Waals surface area contributed by atoms with Gasteiger partial charge in [-0.05, 0) is 24.0 Å². The number of hydrogen-bond acceptors (Lipinski definition) is 3. The van der Waals surface area contributed by atoms with E-state index in [0.29, 0.717) is 13.2 Å². The predicted octanol–water partition coefficient (Wildman–Crippen LogP) is 0.258. The van der Waals surface area contributed by atoms with Crippen LogP contribution in [0, 0.1) is 0 Å². The molecule has 2 aliphatic rings. The molecule has 0 aromatic heterocycles. The number of ether oxygens (including phenoxy) is 1. The summed E-state index contributed by atoms with van der Waals surface area (Å²) < 4.78 is 5.45. The van der Waals surface area contributed by atoms with Gasteiger partial charge < -0.3 is 15.4 Å². The summed E-state index contributed by atoms with van der Waals surface area (Å²) in [6.45, 7) is 2.06. The second-order valence-electron chi connectivity index (χ2n) is 4.95.